The number of unbranched alkanes of at least 4 members (excludes halogenated alkanes) is 6. The first kappa shape index (κ1) is 23.0. The highest BCUT2D eigenvalue weighted by atomic mass is 31.2. The van der Waals surface area contributed by atoms with E-state index < -0.39 is 7.82 Å². The van der Waals surface area contributed by atoms with E-state index in [1.807, 2.05) is 0 Å². The Labute approximate surface area is 141 Å². The van der Waals surface area contributed by atoms with E-state index in [1.165, 1.54) is 19.3 Å². The Morgan fingerprint density at radius 2 is 1.17 bits per heavy atom. The molecule has 0 saturated carbocycles. The first-order chi connectivity index (χ1) is 11.1. The van der Waals surface area contributed by atoms with Gasteiger partial charge in [0.25, 0.3) is 0 Å². The van der Waals surface area contributed by atoms with E-state index in [-0.39, 0.29) is 19.8 Å². The fraction of sp³-hybridized carbons (Fsp3) is 1.00. The Hall–Kier alpha value is 0.0300. The van der Waals surface area contributed by atoms with Gasteiger partial charge in [0, 0.05) is 6.61 Å². The Kier molecular flexibility index (Phi) is 16.9. The third kappa shape index (κ3) is 18.2. The Morgan fingerprint density at radius 3 is 1.87 bits per heavy atom. The number of hydrogen-bond donors (Lipinski definition) is 1. The van der Waals surface area contributed by atoms with Crippen LogP contribution in [0.3, 0.4) is 0 Å². The van der Waals surface area contributed by atoms with Crippen molar-refractivity contribution in [2.45, 2.75) is 65.2 Å². The summed E-state index contributed by atoms with van der Waals surface area (Å²) in [5.41, 5.74) is 0. The van der Waals surface area contributed by atoms with Gasteiger partial charge < -0.3 is 14.4 Å². The van der Waals surface area contributed by atoms with Crippen LogP contribution >= 0.6 is 7.82 Å². The maximum atomic E-state index is 11.6. The number of phosphoric ester groups is 1. The highest BCUT2D eigenvalue weighted by molar-refractivity contribution is 7.47. The molecule has 0 aliphatic heterocycles. The van der Waals surface area contributed by atoms with Crippen LogP contribution in [0.4, 0.5) is 0 Å². The maximum absolute atomic E-state index is 11.6. The number of rotatable bonds is 18. The molecular formula is C16H35O6P. The molecule has 0 saturated heterocycles. The predicted molar refractivity (Wildman–Crippen MR) is 91.7 cm³/mol. The molecule has 0 aromatic carbocycles. The lowest BCUT2D eigenvalue weighted by Gasteiger charge is -2.12. The second-order valence-electron chi connectivity index (χ2n) is 5.48. The SMILES string of the molecule is CCCCCCCCOP(=O)(O)OCCOCCOCCCC. The minimum absolute atomic E-state index is 0.0409. The van der Waals surface area contributed by atoms with Crippen molar-refractivity contribution in [3.8, 4) is 0 Å². The van der Waals surface area contributed by atoms with Crippen LogP contribution < -0.4 is 0 Å². The van der Waals surface area contributed by atoms with Gasteiger partial charge >= 0.3 is 7.82 Å². The van der Waals surface area contributed by atoms with Crippen LogP contribution in [0.25, 0.3) is 0 Å². The summed E-state index contributed by atoms with van der Waals surface area (Å²) in [6.07, 6.45) is 8.76. The third-order valence-electron chi connectivity index (χ3n) is 3.25. The van der Waals surface area contributed by atoms with E-state index in [0.29, 0.717) is 13.2 Å². The first-order valence-corrected chi connectivity index (χ1v) is 10.4. The number of phosphoric acid groups is 1. The van der Waals surface area contributed by atoms with Crippen LogP contribution in [0, 0.1) is 0 Å². The van der Waals surface area contributed by atoms with Crippen LogP contribution in [0.5, 0.6) is 0 Å². The lowest BCUT2D eigenvalue weighted by atomic mass is 10.1. The molecule has 0 fully saturated rings. The van der Waals surface area contributed by atoms with Crippen molar-refractivity contribution in [3.63, 3.8) is 0 Å². The van der Waals surface area contributed by atoms with E-state index in [0.717, 1.165) is 38.7 Å². The van der Waals surface area contributed by atoms with Gasteiger partial charge in [0.1, 0.15) is 0 Å². The van der Waals surface area contributed by atoms with E-state index in [2.05, 4.69) is 13.8 Å². The summed E-state index contributed by atoms with van der Waals surface area (Å²) in [4.78, 5) is 9.49. The zero-order valence-electron chi connectivity index (χ0n) is 14.8. The van der Waals surface area contributed by atoms with Crippen molar-refractivity contribution < 1.29 is 28.0 Å². The molecule has 0 amide bonds. The first-order valence-electron chi connectivity index (χ1n) is 8.89. The summed E-state index contributed by atoms with van der Waals surface area (Å²) in [7, 11) is -3.94. The van der Waals surface area contributed by atoms with Crippen LogP contribution in [0.15, 0.2) is 0 Å². The summed E-state index contributed by atoms with van der Waals surface area (Å²) >= 11 is 0. The number of ether oxygens (including phenoxy) is 2. The molecule has 140 valence electrons. The largest absolute Gasteiger partial charge is 0.472 e. The van der Waals surface area contributed by atoms with E-state index in [9.17, 15) is 9.46 Å². The van der Waals surface area contributed by atoms with Crippen LogP contribution in [0.2, 0.25) is 0 Å². The topological polar surface area (TPSA) is 74.2 Å². The average Bonchev–Trinajstić information content (AvgIpc) is 2.52. The second-order valence-corrected chi connectivity index (χ2v) is 6.93. The van der Waals surface area contributed by atoms with Gasteiger partial charge in [-0.05, 0) is 12.8 Å². The van der Waals surface area contributed by atoms with Gasteiger partial charge in [0.15, 0.2) is 0 Å². The quantitative estimate of drug-likeness (QED) is 0.292. The van der Waals surface area contributed by atoms with Crippen molar-refractivity contribution >= 4 is 7.82 Å². The van der Waals surface area contributed by atoms with Crippen LogP contribution in [-0.2, 0) is 23.1 Å². The maximum Gasteiger partial charge on any atom is 0.472 e. The zero-order chi connectivity index (χ0) is 17.2. The average molecular weight is 354 g/mol. The second kappa shape index (κ2) is 16.9. The molecule has 1 unspecified atom stereocenters. The van der Waals surface area contributed by atoms with E-state index >= 15 is 0 Å². The third-order valence-corrected chi connectivity index (χ3v) is 4.27. The number of hydrogen-bond acceptors (Lipinski definition) is 5. The Bertz CT molecular complexity index is 288. The van der Waals surface area contributed by atoms with Gasteiger partial charge in [-0.1, -0.05) is 52.4 Å². The molecule has 0 aromatic heterocycles. The van der Waals surface area contributed by atoms with Crippen molar-refractivity contribution in [2.75, 3.05) is 39.6 Å². The standard InChI is InChI=1S/C16H35O6P/c1-3-5-7-8-9-10-12-21-23(17,18)22-16-15-20-14-13-19-11-6-4-2/h3-16H2,1-2H3,(H,17,18). The molecular weight excluding hydrogens is 319 g/mol. The molecule has 0 aromatic rings. The summed E-state index contributed by atoms with van der Waals surface area (Å²) in [6.45, 7) is 6.57. The van der Waals surface area contributed by atoms with Crippen molar-refractivity contribution in [1.29, 1.82) is 0 Å². The molecule has 0 aliphatic carbocycles. The lowest BCUT2D eigenvalue weighted by Crippen LogP contribution is -2.09. The van der Waals surface area contributed by atoms with Crippen molar-refractivity contribution in [2.24, 2.45) is 0 Å². The Morgan fingerprint density at radius 1 is 0.652 bits per heavy atom. The molecule has 0 bridgehead atoms. The normalized spacial score (nSPS) is 14.0. The summed E-state index contributed by atoms with van der Waals surface area (Å²) in [5.74, 6) is 0. The van der Waals surface area contributed by atoms with Crippen molar-refractivity contribution in [1.82, 2.24) is 0 Å². The molecule has 0 heterocycles. The molecule has 0 aliphatic rings. The van der Waals surface area contributed by atoms with Gasteiger partial charge in [0.2, 0.25) is 0 Å². The van der Waals surface area contributed by atoms with Gasteiger partial charge in [-0.3, -0.25) is 9.05 Å². The molecule has 7 heteroatoms. The molecule has 23 heavy (non-hydrogen) atoms. The smallest absolute Gasteiger partial charge is 0.379 e. The fourth-order valence-corrected chi connectivity index (χ4v) is 2.62. The summed E-state index contributed by atoms with van der Waals surface area (Å²) in [5, 5.41) is 0. The summed E-state index contributed by atoms with van der Waals surface area (Å²) in [6, 6.07) is 0. The zero-order valence-corrected chi connectivity index (χ0v) is 15.7. The molecule has 1 N–H and O–H groups in total. The summed E-state index contributed by atoms with van der Waals surface area (Å²) < 4.78 is 31.9. The molecule has 1 atom stereocenters. The minimum atomic E-state index is -3.94. The van der Waals surface area contributed by atoms with E-state index in [1.54, 1.807) is 0 Å². The van der Waals surface area contributed by atoms with Crippen LogP contribution in [-0.4, -0.2) is 44.5 Å². The van der Waals surface area contributed by atoms with Gasteiger partial charge in [0.05, 0.1) is 33.0 Å². The van der Waals surface area contributed by atoms with Crippen molar-refractivity contribution in [3.05, 3.63) is 0 Å². The van der Waals surface area contributed by atoms with Gasteiger partial charge in [-0.2, -0.15) is 0 Å². The molecule has 0 rings (SSSR count). The molecule has 0 spiro atoms. The minimum Gasteiger partial charge on any atom is -0.379 e. The van der Waals surface area contributed by atoms with E-state index in [4.69, 9.17) is 18.5 Å². The highest BCUT2D eigenvalue weighted by Crippen LogP contribution is 2.43. The predicted octanol–water partition coefficient (Wildman–Crippen LogP) is 4.31. The molecule has 6 nitrogen and oxygen atoms in total. The van der Waals surface area contributed by atoms with Gasteiger partial charge in [-0.25, -0.2) is 4.57 Å². The fourth-order valence-electron chi connectivity index (χ4n) is 1.88. The Balaban J connectivity index is 3.35. The highest BCUT2D eigenvalue weighted by Gasteiger charge is 2.20. The lowest BCUT2D eigenvalue weighted by molar-refractivity contribution is 0.0293. The van der Waals surface area contributed by atoms with Gasteiger partial charge in [-0.15, -0.1) is 0 Å². The van der Waals surface area contributed by atoms with Crippen LogP contribution in [0.1, 0.15) is 65.2 Å². The molecule has 0 radical (unpaired) electrons. The monoisotopic (exact) mass is 354 g/mol.